The van der Waals surface area contributed by atoms with Gasteiger partial charge in [0.05, 0.1) is 0 Å². The Bertz CT molecular complexity index is 504. The summed E-state index contributed by atoms with van der Waals surface area (Å²) in [6.45, 7) is 0. The second-order valence-electron chi connectivity index (χ2n) is 4.03. The number of hydrogen-bond donors (Lipinski definition) is 0. The van der Waals surface area contributed by atoms with Gasteiger partial charge in [-0.15, -0.1) is 0 Å². The van der Waals surface area contributed by atoms with Crippen LogP contribution < -0.4 is 0 Å². The standard InChI is InChI=1S/C14H14O3P2/c15-18(11-13-7-3-1-4-8-13)17-19(16)12-14-9-5-2-6-10-14/h1-10H,11-12H2/q+2. The average Bonchev–Trinajstić information content (AvgIpc) is 2.40. The SMILES string of the molecule is O=[P+](Cc1ccccc1)O[P+](=O)Cc1ccccc1. The van der Waals surface area contributed by atoms with Crippen molar-refractivity contribution < 1.29 is 13.4 Å². The predicted molar refractivity (Wildman–Crippen MR) is 76.6 cm³/mol. The lowest BCUT2D eigenvalue weighted by atomic mass is 10.2. The Morgan fingerprint density at radius 2 is 1.05 bits per heavy atom. The monoisotopic (exact) mass is 292 g/mol. The molecule has 2 aromatic rings. The van der Waals surface area contributed by atoms with Crippen molar-refractivity contribution in [1.29, 1.82) is 0 Å². The molecular weight excluding hydrogens is 278 g/mol. The fourth-order valence-electron chi connectivity index (χ4n) is 1.62. The molecule has 3 nitrogen and oxygen atoms in total. The fourth-order valence-corrected chi connectivity index (χ4v) is 3.92. The van der Waals surface area contributed by atoms with E-state index < -0.39 is 16.1 Å². The van der Waals surface area contributed by atoms with Gasteiger partial charge >= 0.3 is 16.1 Å². The van der Waals surface area contributed by atoms with Crippen LogP contribution in [0.3, 0.4) is 0 Å². The van der Waals surface area contributed by atoms with Crippen molar-refractivity contribution in [3.05, 3.63) is 71.8 Å². The zero-order valence-corrected chi connectivity index (χ0v) is 12.1. The van der Waals surface area contributed by atoms with E-state index in [1.807, 2.05) is 60.7 Å². The maximum absolute atomic E-state index is 11.8. The Labute approximate surface area is 114 Å². The molecule has 0 aliphatic heterocycles. The highest BCUT2D eigenvalue weighted by atomic mass is 31.2. The molecule has 0 heterocycles. The molecule has 0 saturated carbocycles. The quantitative estimate of drug-likeness (QED) is 0.712. The van der Waals surface area contributed by atoms with Gasteiger partial charge in [0.1, 0.15) is 4.31 Å². The largest absolute Gasteiger partial charge is 0.566 e. The summed E-state index contributed by atoms with van der Waals surface area (Å²) in [6.07, 6.45) is 0.595. The minimum absolute atomic E-state index is 0.298. The summed E-state index contributed by atoms with van der Waals surface area (Å²) < 4.78 is 28.6. The van der Waals surface area contributed by atoms with Crippen LogP contribution in [-0.4, -0.2) is 0 Å². The van der Waals surface area contributed by atoms with Crippen molar-refractivity contribution in [2.24, 2.45) is 0 Å². The van der Waals surface area contributed by atoms with Crippen LogP contribution in [0.1, 0.15) is 11.1 Å². The van der Waals surface area contributed by atoms with Crippen LogP contribution in [0.25, 0.3) is 0 Å². The van der Waals surface area contributed by atoms with Crippen LogP contribution in [0.5, 0.6) is 0 Å². The molecule has 19 heavy (non-hydrogen) atoms. The Morgan fingerprint density at radius 1 is 0.684 bits per heavy atom. The molecule has 0 spiro atoms. The third-order valence-electron chi connectivity index (χ3n) is 2.49. The molecule has 0 aliphatic rings. The lowest BCUT2D eigenvalue weighted by Crippen LogP contribution is -1.82. The second kappa shape index (κ2) is 7.25. The molecule has 2 rings (SSSR count). The van der Waals surface area contributed by atoms with E-state index >= 15 is 0 Å². The highest BCUT2D eigenvalue weighted by molar-refractivity contribution is 7.52. The summed E-state index contributed by atoms with van der Waals surface area (Å²) >= 11 is 0. The van der Waals surface area contributed by atoms with E-state index in [9.17, 15) is 9.13 Å². The topological polar surface area (TPSA) is 43.4 Å². The highest BCUT2D eigenvalue weighted by Crippen LogP contribution is 2.42. The van der Waals surface area contributed by atoms with Gasteiger partial charge in [0, 0.05) is 11.1 Å². The van der Waals surface area contributed by atoms with Crippen LogP contribution in [0.4, 0.5) is 0 Å². The molecule has 2 atom stereocenters. The molecule has 0 radical (unpaired) electrons. The van der Waals surface area contributed by atoms with Gasteiger partial charge in [0.15, 0.2) is 0 Å². The summed E-state index contributed by atoms with van der Waals surface area (Å²) in [4.78, 5) is 0. The van der Waals surface area contributed by atoms with Crippen LogP contribution >= 0.6 is 16.1 Å². The number of hydrogen-bond acceptors (Lipinski definition) is 3. The zero-order valence-electron chi connectivity index (χ0n) is 10.3. The van der Waals surface area contributed by atoms with Gasteiger partial charge in [-0.25, -0.2) is 0 Å². The first-order valence-electron chi connectivity index (χ1n) is 5.89. The highest BCUT2D eigenvalue weighted by Gasteiger charge is 2.34. The van der Waals surface area contributed by atoms with Crippen molar-refractivity contribution in [2.45, 2.75) is 12.3 Å². The van der Waals surface area contributed by atoms with E-state index in [-0.39, 0.29) is 0 Å². The van der Waals surface area contributed by atoms with Crippen molar-refractivity contribution in [3.63, 3.8) is 0 Å². The van der Waals surface area contributed by atoms with Crippen LogP contribution in [0.2, 0.25) is 0 Å². The van der Waals surface area contributed by atoms with Crippen molar-refractivity contribution in [2.75, 3.05) is 0 Å². The fraction of sp³-hybridized carbons (Fsp3) is 0.143. The Hall–Kier alpha value is -1.40. The maximum Gasteiger partial charge on any atom is 0.566 e. The van der Waals surface area contributed by atoms with Crippen molar-refractivity contribution >= 4 is 16.1 Å². The number of benzene rings is 2. The van der Waals surface area contributed by atoms with Gasteiger partial charge in [-0.05, 0) is 9.13 Å². The van der Waals surface area contributed by atoms with Gasteiger partial charge in [-0.2, -0.15) is 0 Å². The number of rotatable bonds is 6. The van der Waals surface area contributed by atoms with Gasteiger partial charge < -0.3 is 0 Å². The molecule has 5 heteroatoms. The molecule has 96 valence electrons. The lowest BCUT2D eigenvalue weighted by Gasteiger charge is -1.89. The minimum Gasteiger partial charge on any atom is -0.0622 e. The average molecular weight is 292 g/mol. The summed E-state index contributed by atoms with van der Waals surface area (Å²) in [7, 11) is -3.85. The van der Waals surface area contributed by atoms with Crippen LogP contribution in [0, 0.1) is 0 Å². The van der Waals surface area contributed by atoms with E-state index in [4.69, 9.17) is 4.31 Å². The van der Waals surface area contributed by atoms with E-state index in [2.05, 4.69) is 0 Å². The molecular formula is C14H14O3P2+2. The Kier molecular flexibility index (Phi) is 5.35. The van der Waals surface area contributed by atoms with Gasteiger partial charge in [-0.3, -0.25) is 0 Å². The van der Waals surface area contributed by atoms with Crippen LogP contribution in [0.15, 0.2) is 60.7 Å². The molecule has 0 bridgehead atoms. The summed E-state index contributed by atoms with van der Waals surface area (Å²) in [5.74, 6) is 0. The first-order chi connectivity index (χ1) is 9.24. The molecule has 0 saturated heterocycles. The smallest absolute Gasteiger partial charge is 0.0622 e. The second-order valence-corrected chi connectivity index (χ2v) is 6.65. The van der Waals surface area contributed by atoms with Gasteiger partial charge in [-0.1, -0.05) is 60.7 Å². The summed E-state index contributed by atoms with van der Waals surface area (Å²) in [5, 5.41) is 0. The van der Waals surface area contributed by atoms with Crippen molar-refractivity contribution in [3.8, 4) is 0 Å². The van der Waals surface area contributed by atoms with Gasteiger partial charge in [0.25, 0.3) is 0 Å². The van der Waals surface area contributed by atoms with Gasteiger partial charge in [0.2, 0.25) is 12.3 Å². The predicted octanol–water partition coefficient (Wildman–Crippen LogP) is 4.89. The Morgan fingerprint density at radius 3 is 1.42 bits per heavy atom. The third kappa shape index (κ3) is 5.00. The van der Waals surface area contributed by atoms with Crippen LogP contribution in [-0.2, 0) is 25.8 Å². The summed E-state index contributed by atoms with van der Waals surface area (Å²) in [5.41, 5.74) is 1.85. The normalized spacial score (nSPS) is 12.0. The maximum atomic E-state index is 11.8. The van der Waals surface area contributed by atoms with Crippen molar-refractivity contribution in [1.82, 2.24) is 0 Å². The third-order valence-corrected chi connectivity index (χ3v) is 5.19. The summed E-state index contributed by atoms with van der Waals surface area (Å²) in [6, 6.07) is 18.8. The minimum atomic E-state index is -1.93. The molecule has 0 aliphatic carbocycles. The lowest BCUT2D eigenvalue weighted by molar-refractivity contribution is 0.487. The van der Waals surface area contributed by atoms with E-state index in [0.717, 1.165) is 11.1 Å². The van der Waals surface area contributed by atoms with E-state index in [0.29, 0.717) is 12.3 Å². The molecule has 0 N–H and O–H groups in total. The van der Waals surface area contributed by atoms with E-state index in [1.165, 1.54) is 0 Å². The first-order valence-corrected chi connectivity index (χ1v) is 8.62. The van der Waals surface area contributed by atoms with E-state index in [1.54, 1.807) is 0 Å². The molecule has 0 aromatic heterocycles. The molecule has 2 aromatic carbocycles. The first kappa shape index (κ1) is 14.0. The molecule has 0 amide bonds. The molecule has 0 fully saturated rings. The molecule has 2 unspecified atom stereocenters. The Balaban J connectivity index is 1.84. The zero-order chi connectivity index (χ0) is 13.5.